The standard InChI is InChI=1S/C15H17N5O2S/c1-12-4-2-3-9-20(12)23(21,22)15-7-5-13(6-8-15)18-19-14(10-16)11-17/h5-8,12,18H,2-4,9H2,1H3. The van der Waals surface area contributed by atoms with Crippen LogP contribution in [0.1, 0.15) is 26.2 Å². The maximum absolute atomic E-state index is 12.7. The predicted molar refractivity (Wildman–Crippen MR) is 85.9 cm³/mol. The molecule has 0 amide bonds. The van der Waals surface area contributed by atoms with E-state index in [1.165, 1.54) is 12.1 Å². The van der Waals surface area contributed by atoms with Gasteiger partial charge in [-0.25, -0.2) is 8.42 Å². The van der Waals surface area contributed by atoms with E-state index in [0.29, 0.717) is 12.2 Å². The minimum Gasteiger partial charge on any atom is -0.277 e. The smallest absolute Gasteiger partial charge is 0.243 e. The van der Waals surface area contributed by atoms with Gasteiger partial charge in [-0.3, -0.25) is 5.43 Å². The van der Waals surface area contributed by atoms with E-state index in [0.717, 1.165) is 19.3 Å². The first-order valence-corrected chi connectivity index (χ1v) is 8.69. The van der Waals surface area contributed by atoms with Gasteiger partial charge in [-0.15, -0.1) is 0 Å². The molecule has 1 aliphatic rings. The minimum atomic E-state index is -3.50. The second-order valence-corrected chi connectivity index (χ2v) is 7.17. The molecular weight excluding hydrogens is 314 g/mol. The van der Waals surface area contributed by atoms with Crippen molar-refractivity contribution in [2.45, 2.75) is 37.1 Å². The Balaban J connectivity index is 2.17. The fourth-order valence-electron chi connectivity index (χ4n) is 2.46. The largest absolute Gasteiger partial charge is 0.277 e. The summed E-state index contributed by atoms with van der Waals surface area (Å²) in [6.07, 6.45) is 2.80. The summed E-state index contributed by atoms with van der Waals surface area (Å²) in [5, 5.41) is 20.8. The first kappa shape index (κ1) is 16.9. The molecule has 0 aliphatic carbocycles. The summed E-state index contributed by atoms with van der Waals surface area (Å²) in [4.78, 5) is 0.224. The third-order valence-corrected chi connectivity index (χ3v) is 5.74. The maximum atomic E-state index is 12.7. The Bertz CT molecular complexity index is 756. The van der Waals surface area contributed by atoms with Crippen LogP contribution in [-0.2, 0) is 10.0 Å². The number of rotatable bonds is 4. The summed E-state index contributed by atoms with van der Waals surface area (Å²) in [6, 6.07) is 9.36. The highest BCUT2D eigenvalue weighted by Gasteiger charge is 2.30. The van der Waals surface area contributed by atoms with Gasteiger partial charge >= 0.3 is 0 Å². The Kier molecular flexibility index (Phi) is 5.32. The number of hydrogen-bond donors (Lipinski definition) is 1. The zero-order valence-corrected chi connectivity index (χ0v) is 13.5. The van der Waals surface area contributed by atoms with Crippen LogP contribution in [0.3, 0.4) is 0 Å². The van der Waals surface area contributed by atoms with Crippen molar-refractivity contribution in [1.82, 2.24) is 4.31 Å². The van der Waals surface area contributed by atoms with E-state index in [1.54, 1.807) is 28.6 Å². The predicted octanol–water partition coefficient (Wildman–Crippen LogP) is 2.06. The SMILES string of the molecule is CC1CCCCN1S(=O)(=O)c1ccc(NN=C(C#N)C#N)cc1. The summed E-state index contributed by atoms with van der Waals surface area (Å²) in [5.41, 5.74) is 2.74. The molecule has 1 N–H and O–H groups in total. The Morgan fingerprint density at radius 1 is 1.26 bits per heavy atom. The van der Waals surface area contributed by atoms with Gasteiger partial charge < -0.3 is 0 Å². The molecular formula is C15H17N5O2S. The van der Waals surface area contributed by atoms with Crippen LogP contribution in [0.15, 0.2) is 34.3 Å². The topological polar surface area (TPSA) is 109 Å². The third kappa shape index (κ3) is 3.86. The summed E-state index contributed by atoms with van der Waals surface area (Å²) in [7, 11) is -3.50. The van der Waals surface area contributed by atoms with Gasteiger partial charge in [0.05, 0.1) is 10.6 Å². The van der Waals surface area contributed by atoms with Crippen molar-refractivity contribution >= 4 is 21.4 Å². The van der Waals surface area contributed by atoms with Gasteiger partial charge in [0.2, 0.25) is 15.7 Å². The van der Waals surface area contributed by atoms with E-state index >= 15 is 0 Å². The molecule has 120 valence electrons. The van der Waals surface area contributed by atoms with Crippen molar-refractivity contribution < 1.29 is 8.42 Å². The lowest BCUT2D eigenvalue weighted by atomic mass is 10.1. The fraction of sp³-hybridized carbons (Fsp3) is 0.400. The average Bonchev–Trinajstić information content (AvgIpc) is 2.56. The molecule has 2 rings (SSSR count). The number of sulfonamides is 1. The van der Waals surface area contributed by atoms with Crippen LogP contribution in [-0.4, -0.2) is 31.0 Å². The van der Waals surface area contributed by atoms with Crippen molar-refractivity contribution in [1.29, 1.82) is 10.5 Å². The molecule has 1 aromatic rings. The highest BCUT2D eigenvalue weighted by molar-refractivity contribution is 7.89. The number of hydrogen-bond acceptors (Lipinski definition) is 6. The molecule has 7 nitrogen and oxygen atoms in total. The quantitative estimate of drug-likeness (QED) is 0.671. The summed E-state index contributed by atoms with van der Waals surface area (Å²) in [5.74, 6) is 0. The zero-order chi connectivity index (χ0) is 16.9. The average molecular weight is 331 g/mol. The van der Waals surface area contributed by atoms with Crippen molar-refractivity contribution in [2.75, 3.05) is 12.0 Å². The molecule has 0 aromatic heterocycles. The lowest BCUT2D eigenvalue weighted by Gasteiger charge is -2.32. The molecule has 1 heterocycles. The van der Waals surface area contributed by atoms with Gasteiger partial charge in [0.15, 0.2) is 0 Å². The number of anilines is 1. The van der Waals surface area contributed by atoms with E-state index in [4.69, 9.17) is 10.5 Å². The molecule has 1 aliphatic heterocycles. The van der Waals surface area contributed by atoms with E-state index < -0.39 is 10.0 Å². The van der Waals surface area contributed by atoms with E-state index in [2.05, 4.69) is 10.5 Å². The summed E-state index contributed by atoms with van der Waals surface area (Å²) >= 11 is 0. The highest BCUT2D eigenvalue weighted by Crippen LogP contribution is 2.25. The van der Waals surface area contributed by atoms with Gasteiger partial charge in [0, 0.05) is 12.6 Å². The van der Waals surface area contributed by atoms with Crippen LogP contribution in [0, 0.1) is 22.7 Å². The molecule has 8 heteroatoms. The van der Waals surface area contributed by atoms with Crippen molar-refractivity contribution in [3.63, 3.8) is 0 Å². The Morgan fingerprint density at radius 3 is 2.48 bits per heavy atom. The Morgan fingerprint density at radius 2 is 1.91 bits per heavy atom. The van der Waals surface area contributed by atoms with Crippen LogP contribution in [0.25, 0.3) is 0 Å². The van der Waals surface area contributed by atoms with Crippen LogP contribution in [0.4, 0.5) is 5.69 Å². The third-order valence-electron chi connectivity index (χ3n) is 3.71. The van der Waals surface area contributed by atoms with Crippen molar-refractivity contribution in [3.8, 4) is 12.1 Å². The minimum absolute atomic E-state index is 0.00460. The van der Waals surface area contributed by atoms with Crippen LogP contribution >= 0.6 is 0 Å². The number of hydrazone groups is 1. The fourth-order valence-corrected chi connectivity index (χ4v) is 4.16. The van der Waals surface area contributed by atoms with Gasteiger partial charge in [-0.1, -0.05) is 6.42 Å². The maximum Gasteiger partial charge on any atom is 0.243 e. The first-order chi connectivity index (χ1) is 11.0. The number of nitriles is 2. The normalized spacial score (nSPS) is 18.5. The van der Waals surface area contributed by atoms with Gasteiger partial charge in [0.1, 0.15) is 12.1 Å². The molecule has 0 saturated carbocycles. The Hall–Kier alpha value is -2.42. The monoisotopic (exact) mass is 331 g/mol. The number of benzene rings is 1. The molecule has 1 atom stereocenters. The van der Waals surface area contributed by atoms with Crippen LogP contribution < -0.4 is 5.43 Å². The molecule has 0 radical (unpaired) electrons. The van der Waals surface area contributed by atoms with E-state index in [9.17, 15) is 8.42 Å². The lowest BCUT2D eigenvalue weighted by Crippen LogP contribution is -2.41. The number of piperidine rings is 1. The molecule has 1 saturated heterocycles. The molecule has 1 unspecified atom stereocenters. The van der Waals surface area contributed by atoms with Gasteiger partial charge in [0.25, 0.3) is 0 Å². The zero-order valence-electron chi connectivity index (χ0n) is 12.7. The first-order valence-electron chi connectivity index (χ1n) is 7.25. The molecule has 23 heavy (non-hydrogen) atoms. The van der Waals surface area contributed by atoms with Crippen LogP contribution in [0.5, 0.6) is 0 Å². The molecule has 1 fully saturated rings. The highest BCUT2D eigenvalue weighted by atomic mass is 32.2. The number of nitrogens with one attached hydrogen (secondary N) is 1. The van der Waals surface area contributed by atoms with E-state index in [1.807, 2.05) is 6.92 Å². The van der Waals surface area contributed by atoms with E-state index in [-0.39, 0.29) is 16.6 Å². The second kappa shape index (κ2) is 7.23. The molecule has 1 aromatic carbocycles. The Labute approximate surface area is 135 Å². The number of nitrogens with zero attached hydrogens (tertiary/aromatic N) is 4. The summed E-state index contributed by atoms with van der Waals surface area (Å²) in [6.45, 7) is 2.47. The van der Waals surface area contributed by atoms with Crippen LogP contribution in [0.2, 0.25) is 0 Å². The lowest BCUT2D eigenvalue weighted by molar-refractivity contribution is 0.268. The molecule has 0 spiro atoms. The molecule has 0 bridgehead atoms. The van der Waals surface area contributed by atoms with Crippen molar-refractivity contribution in [3.05, 3.63) is 24.3 Å². The van der Waals surface area contributed by atoms with Gasteiger partial charge in [-0.05, 0) is 44.0 Å². The summed E-state index contributed by atoms with van der Waals surface area (Å²) < 4.78 is 26.9. The second-order valence-electron chi connectivity index (χ2n) is 5.28. The van der Waals surface area contributed by atoms with Crippen molar-refractivity contribution in [2.24, 2.45) is 5.10 Å². The van der Waals surface area contributed by atoms with Gasteiger partial charge in [-0.2, -0.15) is 19.9 Å².